The van der Waals surface area contributed by atoms with Crippen LogP contribution in [0.4, 0.5) is 0 Å². The molecule has 2 rings (SSSR count). The van der Waals surface area contributed by atoms with Gasteiger partial charge in [0.25, 0.3) is 0 Å². The first-order chi connectivity index (χ1) is 9.15. The Hall–Kier alpha value is -1.65. The number of rotatable bonds is 4. The van der Waals surface area contributed by atoms with Crippen LogP contribution in [0.2, 0.25) is 10.3 Å². The van der Waals surface area contributed by atoms with Gasteiger partial charge in [0, 0.05) is 0 Å². The lowest BCUT2D eigenvalue weighted by Gasteiger charge is -2.06. The Labute approximate surface area is 121 Å². The maximum absolute atomic E-state index is 6.00. The van der Waals surface area contributed by atoms with E-state index in [4.69, 9.17) is 23.2 Å². The minimum atomic E-state index is 0.282. The third-order valence-corrected chi connectivity index (χ3v) is 3.23. The highest BCUT2D eigenvalue weighted by molar-refractivity contribution is 6.40. The van der Waals surface area contributed by atoms with Gasteiger partial charge in [-0.15, -0.1) is 0 Å². The maximum atomic E-state index is 6.00. The molecule has 0 radical (unpaired) electrons. The molecule has 0 fully saturated rings. The van der Waals surface area contributed by atoms with Crippen LogP contribution in [-0.2, 0) is 6.54 Å². The fraction of sp³-hybridized carbons (Fsp3) is 0.154. The summed E-state index contributed by atoms with van der Waals surface area (Å²) in [6.45, 7) is 6.13. The van der Waals surface area contributed by atoms with E-state index in [0.29, 0.717) is 11.7 Å². The Balaban J connectivity index is 2.31. The van der Waals surface area contributed by atoms with Crippen LogP contribution < -0.4 is 0 Å². The second-order valence-corrected chi connectivity index (χ2v) is 4.51. The van der Waals surface area contributed by atoms with Crippen LogP contribution in [-0.4, -0.2) is 19.5 Å². The third-order valence-electron chi connectivity index (χ3n) is 2.46. The summed E-state index contributed by atoms with van der Waals surface area (Å²) < 4.78 is 1.70. The van der Waals surface area contributed by atoms with E-state index in [2.05, 4.69) is 21.5 Å². The van der Waals surface area contributed by atoms with E-state index in [1.54, 1.807) is 23.2 Å². The van der Waals surface area contributed by atoms with E-state index in [1.807, 2.05) is 19.1 Å². The molecule has 0 atom stereocenters. The second kappa shape index (κ2) is 5.99. The van der Waals surface area contributed by atoms with Crippen molar-refractivity contribution in [3.8, 4) is 0 Å². The number of hydrogen-bond acceptors (Lipinski definition) is 3. The van der Waals surface area contributed by atoms with Gasteiger partial charge in [0.2, 0.25) is 0 Å². The smallest absolute Gasteiger partial charge is 0.166 e. The molecule has 0 aliphatic heterocycles. The van der Waals surface area contributed by atoms with Crippen molar-refractivity contribution >= 4 is 35.4 Å². The summed E-state index contributed by atoms with van der Waals surface area (Å²) in [6, 6.07) is 0. The molecule has 2 aromatic heterocycles. The highest BCUT2D eigenvalue weighted by atomic mass is 35.5. The maximum Gasteiger partial charge on any atom is 0.166 e. The minimum Gasteiger partial charge on any atom is -0.314 e. The average Bonchev–Trinajstić information content (AvgIpc) is 2.73. The molecule has 4 nitrogen and oxygen atoms in total. The van der Waals surface area contributed by atoms with E-state index < -0.39 is 0 Å². The van der Waals surface area contributed by atoms with E-state index in [0.717, 1.165) is 17.1 Å². The Kier molecular flexibility index (Phi) is 4.35. The SMILES string of the molecule is C=Cc1nc(Cn2cnc(Cl)c2Cl)cnc1/C=C\C. The van der Waals surface area contributed by atoms with Crippen LogP contribution >= 0.6 is 23.2 Å². The standard InChI is InChI=1S/C13H12Cl2N4/c1-3-5-11-10(4-2)18-9(6-16-11)7-19-8-17-12(14)13(19)15/h3-6,8H,2,7H2,1H3/b5-3-. The predicted octanol–water partition coefficient (Wildman–Crippen LogP) is 3.70. The van der Waals surface area contributed by atoms with Crippen molar-refractivity contribution in [1.29, 1.82) is 0 Å². The summed E-state index contributed by atoms with van der Waals surface area (Å²) in [5, 5.41) is 0.672. The molecule has 0 saturated heterocycles. The lowest BCUT2D eigenvalue weighted by molar-refractivity contribution is 0.766. The fourth-order valence-electron chi connectivity index (χ4n) is 1.59. The average molecular weight is 295 g/mol. The molecule has 0 aliphatic rings. The molecule has 0 saturated carbocycles. The van der Waals surface area contributed by atoms with Crippen molar-refractivity contribution in [2.75, 3.05) is 0 Å². The Morgan fingerprint density at radius 2 is 2.11 bits per heavy atom. The van der Waals surface area contributed by atoms with Crippen LogP contribution in [0, 0.1) is 0 Å². The summed E-state index contributed by atoms with van der Waals surface area (Å²) in [6.07, 6.45) is 8.73. The molecule has 0 N–H and O–H groups in total. The molecule has 0 bridgehead atoms. The molecular weight excluding hydrogens is 283 g/mol. The van der Waals surface area contributed by atoms with Crippen molar-refractivity contribution in [2.45, 2.75) is 13.5 Å². The summed E-state index contributed by atoms with van der Waals surface area (Å²) >= 11 is 11.8. The Morgan fingerprint density at radius 3 is 2.68 bits per heavy atom. The molecule has 19 heavy (non-hydrogen) atoms. The summed E-state index contributed by atoms with van der Waals surface area (Å²) in [7, 11) is 0. The van der Waals surface area contributed by atoms with Crippen molar-refractivity contribution in [2.24, 2.45) is 0 Å². The second-order valence-electron chi connectivity index (χ2n) is 3.79. The quantitative estimate of drug-likeness (QED) is 0.863. The van der Waals surface area contributed by atoms with Gasteiger partial charge in [-0.1, -0.05) is 35.9 Å². The number of halogens is 2. The lowest BCUT2D eigenvalue weighted by atomic mass is 10.2. The van der Waals surface area contributed by atoms with Gasteiger partial charge in [-0.25, -0.2) is 9.97 Å². The van der Waals surface area contributed by atoms with E-state index in [9.17, 15) is 0 Å². The van der Waals surface area contributed by atoms with Gasteiger partial charge in [-0.2, -0.15) is 0 Å². The number of nitrogens with zero attached hydrogens (tertiary/aromatic N) is 4. The van der Waals surface area contributed by atoms with Crippen molar-refractivity contribution in [3.05, 3.63) is 52.6 Å². The molecule has 0 aliphatic carbocycles. The van der Waals surface area contributed by atoms with Crippen LogP contribution in [0.3, 0.4) is 0 Å². The van der Waals surface area contributed by atoms with Gasteiger partial charge in [0.1, 0.15) is 5.15 Å². The summed E-state index contributed by atoms with van der Waals surface area (Å²) in [4.78, 5) is 12.7. The molecule has 6 heteroatoms. The zero-order valence-corrected chi connectivity index (χ0v) is 11.9. The van der Waals surface area contributed by atoms with Gasteiger partial charge in [0.15, 0.2) is 5.15 Å². The van der Waals surface area contributed by atoms with Gasteiger partial charge < -0.3 is 4.57 Å². The molecule has 2 aromatic rings. The highest BCUT2D eigenvalue weighted by Gasteiger charge is 2.08. The third kappa shape index (κ3) is 3.03. The number of imidazole rings is 1. The zero-order valence-electron chi connectivity index (χ0n) is 10.3. The first-order valence-corrected chi connectivity index (χ1v) is 6.38. The fourth-order valence-corrected chi connectivity index (χ4v) is 1.90. The Morgan fingerprint density at radius 1 is 1.32 bits per heavy atom. The van der Waals surface area contributed by atoms with Crippen LogP contribution in [0.15, 0.2) is 25.2 Å². The van der Waals surface area contributed by atoms with Crippen molar-refractivity contribution in [1.82, 2.24) is 19.5 Å². The molecule has 2 heterocycles. The number of aromatic nitrogens is 4. The Bertz CT molecular complexity index is 632. The number of allylic oxidation sites excluding steroid dienone is 1. The summed E-state index contributed by atoms with van der Waals surface area (Å²) in [5.41, 5.74) is 2.29. The highest BCUT2D eigenvalue weighted by Crippen LogP contribution is 2.20. The van der Waals surface area contributed by atoms with Crippen LogP contribution in [0.25, 0.3) is 12.2 Å². The molecule has 0 unspecified atom stereocenters. The minimum absolute atomic E-state index is 0.282. The van der Waals surface area contributed by atoms with Crippen molar-refractivity contribution in [3.63, 3.8) is 0 Å². The zero-order chi connectivity index (χ0) is 13.8. The predicted molar refractivity (Wildman–Crippen MR) is 78.2 cm³/mol. The van der Waals surface area contributed by atoms with Crippen LogP contribution in [0.5, 0.6) is 0 Å². The molecule has 0 spiro atoms. The number of hydrogen-bond donors (Lipinski definition) is 0. The monoisotopic (exact) mass is 294 g/mol. The van der Waals surface area contributed by atoms with E-state index >= 15 is 0 Å². The first kappa shape index (κ1) is 13.8. The normalized spacial score (nSPS) is 11.1. The van der Waals surface area contributed by atoms with E-state index in [-0.39, 0.29) is 5.15 Å². The molecule has 98 valence electrons. The first-order valence-electron chi connectivity index (χ1n) is 5.63. The van der Waals surface area contributed by atoms with Gasteiger partial charge in [0.05, 0.1) is 36.2 Å². The van der Waals surface area contributed by atoms with Crippen molar-refractivity contribution < 1.29 is 0 Å². The van der Waals surface area contributed by atoms with Crippen LogP contribution in [0.1, 0.15) is 24.0 Å². The molecule has 0 amide bonds. The van der Waals surface area contributed by atoms with Gasteiger partial charge >= 0.3 is 0 Å². The lowest BCUT2D eigenvalue weighted by Crippen LogP contribution is -2.04. The van der Waals surface area contributed by atoms with E-state index in [1.165, 1.54) is 0 Å². The summed E-state index contributed by atoms with van der Waals surface area (Å²) in [5.74, 6) is 0. The van der Waals surface area contributed by atoms with Gasteiger partial charge in [-0.3, -0.25) is 4.98 Å². The topological polar surface area (TPSA) is 43.6 Å². The van der Waals surface area contributed by atoms with Gasteiger partial charge in [-0.05, 0) is 19.1 Å². The molecule has 0 aromatic carbocycles. The molecular formula is C13H12Cl2N4. The largest absolute Gasteiger partial charge is 0.314 e.